The number of aliphatic carboxylic acids is 1. The van der Waals surface area contributed by atoms with Gasteiger partial charge in [-0.1, -0.05) is 35.9 Å². The Morgan fingerprint density at radius 2 is 1.30 bits per heavy atom. The van der Waals surface area contributed by atoms with Crippen LogP contribution in [0.3, 0.4) is 0 Å². The van der Waals surface area contributed by atoms with Crippen molar-refractivity contribution in [2.75, 3.05) is 50.5 Å². The van der Waals surface area contributed by atoms with Crippen molar-refractivity contribution in [3.05, 3.63) is 81.7 Å². The lowest BCUT2D eigenvalue weighted by molar-refractivity contribution is -0.148. The van der Waals surface area contributed by atoms with Crippen LogP contribution in [0, 0.1) is 27.5 Å². The van der Waals surface area contributed by atoms with Gasteiger partial charge in [0.25, 0.3) is 11.8 Å². The molecule has 340 valence electrons. The molecule has 4 aliphatic carbocycles. The lowest BCUT2D eigenvalue weighted by Crippen LogP contribution is -2.34. The molecule has 4 aromatic rings. The molecular formula is C49H60ClFN8O5. The van der Waals surface area contributed by atoms with Crippen LogP contribution in [0.5, 0.6) is 0 Å². The number of carboxylic acids is 1. The summed E-state index contributed by atoms with van der Waals surface area (Å²) >= 11 is 6.89. The SMILES string of the molecule is [2H]C([2H])([2H])OCC12CCC(CCN3CCc4c(nc(C(=O)Nc5cccc(-c6cccc(NC(=O)c7nc8c(n7C([2H])([2H])[2H])CCN(CCC79CCC(C(=O)O)(CC7)C9)C8)c6Cl)c5F)n4C([2H])([2H])[2H])C3)(CC1)C2. The predicted octanol–water partition coefficient (Wildman–Crippen LogP) is 8.25. The van der Waals surface area contributed by atoms with Crippen molar-refractivity contribution in [2.45, 2.75) is 103 Å². The topological polar surface area (TPSA) is 147 Å². The lowest BCUT2D eigenvalue weighted by atomic mass is 9.80. The van der Waals surface area contributed by atoms with E-state index in [1.807, 2.05) is 0 Å². The molecule has 64 heavy (non-hydrogen) atoms. The number of carboxylic acid groups (broad SMARTS) is 1. The number of carbonyl (C=O) groups is 3. The van der Waals surface area contributed by atoms with Gasteiger partial charge in [-0.25, -0.2) is 14.4 Å². The Morgan fingerprint density at radius 3 is 1.86 bits per heavy atom. The van der Waals surface area contributed by atoms with Crippen LogP contribution in [-0.4, -0.2) is 91.6 Å². The molecule has 2 aromatic carbocycles. The third-order valence-electron chi connectivity index (χ3n) is 16.2. The van der Waals surface area contributed by atoms with Crippen LogP contribution in [0.2, 0.25) is 5.02 Å². The highest BCUT2D eigenvalue weighted by Crippen LogP contribution is 2.64. The number of aromatic nitrogens is 4. The van der Waals surface area contributed by atoms with E-state index in [9.17, 15) is 19.5 Å². The van der Waals surface area contributed by atoms with E-state index in [0.717, 1.165) is 73.5 Å². The maximum atomic E-state index is 16.6. The number of carbonyl (C=O) groups excluding carboxylic acids is 2. The molecule has 2 aliphatic heterocycles. The Bertz CT molecular complexity index is 2850. The van der Waals surface area contributed by atoms with E-state index in [1.165, 1.54) is 36.4 Å². The van der Waals surface area contributed by atoms with Gasteiger partial charge in [-0.2, -0.15) is 0 Å². The van der Waals surface area contributed by atoms with Crippen molar-refractivity contribution in [3.8, 4) is 11.1 Å². The zero-order valence-corrected chi connectivity index (χ0v) is 36.6. The fraction of sp³-hybridized carbons (Fsp3) is 0.571. The molecule has 4 bridgehead atoms. The smallest absolute Gasteiger partial charge is 0.309 e. The fourth-order valence-electron chi connectivity index (χ4n) is 12.5. The summed E-state index contributed by atoms with van der Waals surface area (Å²) in [5.41, 5.74) is 0.920. The van der Waals surface area contributed by atoms with E-state index in [4.69, 9.17) is 28.7 Å². The summed E-state index contributed by atoms with van der Waals surface area (Å²) in [6, 6.07) is 8.76. The quantitative estimate of drug-likeness (QED) is 0.114. The molecular weight excluding hydrogens is 835 g/mol. The van der Waals surface area contributed by atoms with E-state index in [1.54, 1.807) is 0 Å². The van der Waals surface area contributed by atoms with Crippen molar-refractivity contribution < 1.29 is 41.0 Å². The number of ether oxygens (including phenoxy) is 1. The number of nitrogens with zero attached hydrogens (tertiary/aromatic N) is 6. The first-order chi connectivity index (χ1) is 34.3. The Kier molecular flexibility index (Phi) is 8.64. The van der Waals surface area contributed by atoms with Crippen molar-refractivity contribution in [2.24, 2.45) is 35.6 Å². The van der Waals surface area contributed by atoms with Crippen LogP contribution in [0.25, 0.3) is 11.1 Å². The summed E-state index contributed by atoms with van der Waals surface area (Å²) in [7, 11) is -2.42. The second-order valence-electron chi connectivity index (χ2n) is 19.9. The monoisotopic (exact) mass is 903 g/mol. The minimum Gasteiger partial charge on any atom is -0.481 e. The number of halogens is 2. The molecule has 0 spiro atoms. The van der Waals surface area contributed by atoms with E-state index < -0.39 is 50.0 Å². The number of benzene rings is 2. The van der Waals surface area contributed by atoms with Crippen LogP contribution < -0.4 is 10.6 Å². The maximum Gasteiger partial charge on any atom is 0.309 e. The molecule has 2 aromatic heterocycles. The minimum absolute atomic E-state index is 0.0182. The molecule has 0 saturated heterocycles. The highest BCUT2D eigenvalue weighted by Gasteiger charge is 2.58. The zero-order valence-electron chi connectivity index (χ0n) is 44.8. The number of hydrogen-bond acceptors (Lipinski definition) is 8. The number of amides is 2. The third kappa shape index (κ3) is 7.55. The Balaban J connectivity index is 0.816. The maximum absolute atomic E-state index is 16.6. The van der Waals surface area contributed by atoms with Crippen LogP contribution in [-0.2, 0) is 49.4 Å². The van der Waals surface area contributed by atoms with Crippen molar-refractivity contribution >= 4 is 40.8 Å². The Hall–Kier alpha value is -4.63. The standard InChI is InChI=1S/C49H60ClFN8O5/c1-56-37-11-23-59(25-21-47-16-18-49(29-47,19-17-47)45(62)63)27-35(37)52-41(56)43(60)54-33-8-4-6-31(39(33)50)32-7-5-9-34(40(32)51)55-44(61)42-53-36-26-58(22-10-38(36)57(42)2)24-20-46-12-14-48(28-46,15-13-46)30-64-3/h4-9H,10-30H2,1-3H3,(H,54,60)(H,55,61)(H,62,63)/i1D3,2D3,3D3. The first-order valence-electron chi connectivity index (χ1n) is 27.0. The van der Waals surface area contributed by atoms with Gasteiger partial charge in [0, 0.05) is 90.7 Å². The molecule has 10 rings (SSSR count). The molecule has 0 atom stereocenters. The largest absolute Gasteiger partial charge is 0.481 e. The van der Waals surface area contributed by atoms with Crippen molar-refractivity contribution in [3.63, 3.8) is 0 Å². The van der Waals surface area contributed by atoms with E-state index in [-0.39, 0.29) is 62.0 Å². The molecule has 3 N–H and O–H groups in total. The van der Waals surface area contributed by atoms with Crippen molar-refractivity contribution in [1.82, 2.24) is 28.9 Å². The number of rotatable bonds is 14. The summed E-state index contributed by atoms with van der Waals surface area (Å²) in [6.07, 6.45) is 10.9. The number of methoxy groups -OCH3 is 1. The third-order valence-corrected chi connectivity index (χ3v) is 16.6. The molecule has 4 heterocycles. The molecule has 6 aliphatic rings. The van der Waals surface area contributed by atoms with Gasteiger partial charge >= 0.3 is 5.97 Å². The molecule has 13 nitrogen and oxygen atoms in total. The summed E-state index contributed by atoms with van der Waals surface area (Å²) < 4.78 is 96.5. The minimum atomic E-state index is -2.77. The summed E-state index contributed by atoms with van der Waals surface area (Å²) in [5.74, 6) is -4.11. The van der Waals surface area contributed by atoms with E-state index in [0.29, 0.717) is 87.6 Å². The van der Waals surface area contributed by atoms with Gasteiger partial charge in [0.15, 0.2) is 17.5 Å². The van der Waals surface area contributed by atoms with Gasteiger partial charge in [0.05, 0.1) is 43.9 Å². The molecule has 0 unspecified atom stereocenters. The number of hydrogen-bond donors (Lipinski definition) is 3. The highest BCUT2D eigenvalue weighted by molar-refractivity contribution is 6.36. The molecule has 0 radical (unpaired) electrons. The fourth-order valence-corrected chi connectivity index (χ4v) is 12.8. The van der Waals surface area contributed by atoms with Gasteiger partial charge in [0.2, 0.25) is 0 Å². The average Bonchev–Trinajstić information content (AvgIpc) is 4.19. The van der Waals surface area contributed by atoms with Crippen LogP contribution in [0.1, 0.15) is 133 Å². The van der Waals surface area contributed by atoms with Crippen LogP contribution in [0.4, 0.5) is 15.8 Å². The number of fused-ring (bicyclic) bond motifs is 6. The molecule has 2 amide bonds. The normalized spacial score (nSPS) is 29.9. The van der Waals surface area contributed by atoms with E-state index in [2.05, 4.69) is 30.4 Å². The van der Waals surface area contributed by atoms with Gasteiger partial charge in [-0.15, -0.1) is 0 Å². The van der Waals surface area contributed by atoms with Crippen molar-refractivity contribution in [1.29, 1.82) is 0 Å². The molecule has 4 fully saturated rings. The Labute approximate surface area is 391 Å². The molecule has 4 saturated carbocycles. The second kappa shape index (κ2) is 16.4. The summed E-state index contributed by atoms with van der Waals surface area (Å²) in [4.78, 5) is 53.6. The second-order valence-corrected chi connectivity index (χ2v) is 20.2. The zero-order chi connectivity index (χ0) is 52.1. The van der Waals surface area contributed by atoms with E-state index >= 15 is 4.39 Å². The van der Waals surface area contributed by atoms with Crippen LogP contribution >= 0.6 is 11.6 Å². The summed E-state index contributed by atoms with van der Waals surface area (Å²) in [5, 5.41) is 15.0. The number of anilines is 2. The average molecular weight is 905 g/mol. The first-order valence-corrected chi connectivity index (χ1v) is 22.9. The predicted molar refractivity (Wildman–Crippen MR) is 242 cm³/mol. The lowest BCUT2D eigenvalue weighted by Gasteiger charge is -2.32. The molecule has 15 heteroatoms. The first kappa shape index (κ1) is 33.8. The van der Waals surface area contributed by atoms with Gasteiger partial charge in [-0.05, 0) is 119 Å². The highest BCUT2D eigenvalue weighted by atomic mass is 35.5. The van der Waals surface area contributed by atoms with Gasteiger partial charge in [0.1, 0.15) is 0 Å². The summed E-state index contributed by atoms with van der Waals surface area (Å²) in [6.45, 7) is -2.17. The van der Waals surface area contributed by atoms with Crippen LogP contribution in [0.15, 0.2) is 36.4 Å². The number of imidazole rings is 2. The number of nitrogens with one attached hydrogen (secondary N) is 2. The Morgan fingerprint density at radius 1 is 0.766 bits per heavy atom. The van der Waals surface area contributed by atoms with Gasteiger partial charge in [-0.3, -0.25) is 24.2 Å². The van der Waals surface area contributed by atoms with Gasteiger partial charge < -0.3 is 29.6 Å².